The van der Waals surface area contributed by atoms with E-state index in [4.69, 9.17) is 21.1 Å². The highest BCUT2D eigenvalue weighted by molar-refractivity contribution is 6.30. The Labute approximate surface area is 158 Å². The summed E-state index contributed by atoms with van der Waals surface area (Å²) >= 11 is 5.95. The van der Waals surface area contributed by atoms with Crippen molar-refractivity contribution in [3.8, 4) is 11.5 Å². The van der Waals surface area contributed by atoms with Crippen LogP contribution in [0.15, 0.2) is 102 Å². The van der Waals surface area contributed by atoms with Crippen LogP contribution in [0.1, 0.15) is 6.92 Å². The van der Waals surface area contributed by atoms with E-state index in [2.05, 4.69) is 4.99 Å². The first-order chi connectivity index (χ1) is 12.7. The van der Waals surface area contributed by atoms with E-state index in [1.807, 2.05) is 79.7 Å². The number of rotatable bonds is 5. The topological polar surface area (TPSA) is 30.8 Å². The fraction of sp³-hybridized carbons (Fsp3) is 0.0455. The van der Waals surface area contributed by atoms with Crippen LogP contribution in [0.4, 0.5) is 5.69 Å². The van der Waals surface area contributed by atoms with E-state index in [1.54, 1.807) is 18.4 Å². The zero-order valence-electron chi connectivity index (χ0n) is 14.3. The van der Waals surface area contributed by atoms with Gasteiger partial charge >= 0.3 is 0 Å². The van der Waals surface area contributed by atoms with Gasteiger partial charge in [0.05, 0.1) is 11.9 Å². The molecule has 3 aromatic rings. The molecule has 0 amide bonds. The maximum atomic E-state index is 5.97. The van der Waals surface area contributed by atoms with E-state index in [9.17, 15) is 0 Å². The Hall–Kier alpha value is -3.04. The summed E-state index contributed by atoms with van der Waals surface area (Å²) in [5, 5.41) is 0.661. The second kappa shape index (κ2) is 8.88. The van der Waals surface area contributed by atoms with Gasteiger partial charge in [-0.15, -0.1) is 0 Å². The summed E-state index contributed by atoms with van der Waals surface area (Å²) < 4.78 is 11.7. The summed E-state index contributed by atoms with van der Waals surface area (Å²) in [4.78, 5) is 4.59. The second-order valence-corrected chi connectivity index (χ2v) is 5.98. The molecule has 0 saturated carbocycles. The van der Waals surface area contributed by atoms with Crippen molar-refractivity contribution in [2.45, 2.75) is 6.92 Å². The van der Waals surface area contributed by atoms with Crippen molar-refractivity contribution in [1.82, 2.24) is 0 Å². The van der Waals surface area contributed by atoms with Gasteiger partial charge < -0.3 is 9.47 Å². The lowest BCUT2D eigenvalue weighted by Gasteiger charge is -2.10. The van der Waals surface area contributed by atoms with Crippen LogP contribution in [0, 0.1) is 0 Å². The molecular weight excluding hydrogens is 346 g/mol. The molecule has 0 fully saturated rings. The van der Waals surface area contributed by atoms with Crippen LogP contribution < -0.4 is 9.47 Å². The fourth-order valence-electron chi connectivity index (χ4n) is 2.13. The molecule has 0 heterocycles. The standard InChI is InChI=1S/C22H18ClNO2/c1-17(16-25-20-8-4-2-5-9-20)22(26-21-10-6-3-7-11-21)24-19-14-12-18(23)13-15-19/h2-16H,1H3. The third kappa shape index (κ3) is 5.23. The number of para-hydroxylation sites is 2. The highest BCUT2D eigenvalue weighted by Crippen LogP contribution is 2.20. The second-order valence-electron chi connectivity index (χ2n) is 5.54. The fourth-order valence-corrected chi connectivity index (χ4v) is 2.26. The highest BCUT2D eigenvalue weighted by Gasteiger charge is 2.07. The third-order valence-corrected chi connectivity index (χ3v) is 3.72. The Morgan fingerprint density at radius 2 is 1.38 bits per heavy atom. The Balaban J connectivity index is 1.87. The highest BCUT2D eigenvalue weighted by atomic mass is 35.5. The van der Waals surface area contributed by atoms with Gasteiger partial charge in [0.15, 0.2) is 0 Å². The van der Waals surface area contributed by atoms with Crippen molar-refractivity contribution in [1.29, 1.82) is 0 Å². The average molecular weight is 364 g/mol. The molecule has 0 aliphatic heterocycles. The molecule has 0 aliphatic rings. The molecule has 3 rings (SSSR count). The van der Waals surface area contributed by atoms with E-state index in [0.717, 1.165) is 17.0 Å². The molecule has 0 radical (unpaired) electrons. The molecule has 0 atom stereocenters. The lowest BCUT2D eigenvalue weighted by Crippen LogP contribution is -2.10. The van der Waals surface area contributed by atoms with Crippen molar-refractivity contribution in [3.63, 3.8) is 0 Å². The number of hydrogen-bond donors (Lipinski definition) is 0. The van der Waals surface area contributed by atoms with E-state index in [0.29, 0.717) is 16.7 Å². The van der Waals surface area contributed by atoms with Crippen LogP contribution in [0.5, 0.6) is 11.5 Å². The van der Waals surface area contributed by atoms with E-state index >= 15 is 0 Å². The molecule has 3 nitrogen and oxygen atoms in total. The van der Waals surface area contributed by atoms with E-state index in [1.165, 1.54) is 0 Å². The predicted molar refractivity (Wildman–Crippen MR) is 106 cm³/mol. The first-order valence-electron chi connectivity index (χ1n) is 8.17. The van der Waals surface area contributed by atoms with Crippen molar-refractivity contribution in [3.05, 3.63) is 102 Å². The Morgan fingerprint density at radius 3 is 2.00 bits per heavy atom. The first-order valence-corrected chi connectivity index (χ1v) is 8.54. The maximum absolute atomic E-state index is 5.97. The van der Waals surface area contributed by atoms with Crippen LogP contribution in [-0.4, -0.2) is 5.90 Å². The molecule has 0 unspecified atom stereocenters. The monoisotopic (exact) mass is 363 g/mol. The Morgan fingerprint density at radius 1 is 0.808 bits per heavy atom. The summed E-state index contributed by atoms with van der Waals surface area (Å²) in [6.45, 7) is 1.89. The van der Waals surface area contributed by atoms with Crippen molar-refractivity contribution >= 4 is 23.2 Å². The van der Waals surface area contributed by atoms with Crippen molar-refractivity contribution in [2.75, 3.05) is 0 Å². The minimum Gasteiger partial charge on any atom is -0.465 e. The van der Waals surface area contributed by atoms with Gasteiger partial charge in [0.2, 0.25) is 5.90 Å². The number of hydrogen-bond acceptors (Lipinski definition) is 3. The first kappa shape index (κ1) is 17.8. The molecule has 0 aromatic heterocycles. The average Bonchev–Trinajstić information content (AvgIpc) is 2.69. The van der Waals surface area contributed by atoms with Gasteiger partial charge in [-0.2, -0.15) is 0 Å². The maximum Gasteiger partial charge on any atom is 0.225 e. The molecule has 0 saturated heterocycles. The molecule has 26 heavy (non-hydrogen) atoms. The zero-order valence-corrected chi connectivity index (χ0v) is 15.1. The molecule has 0 bridgehead atoms. The SMILES string of the molecule is CC(=COc1ccccc1)C(=Nc1ccc(Cl)cc1)Oc1ccccc1. The number of nitrogens with zero attached hydrogens (tertiary/aromatic N) is 1. The molecule has 130 valence electrons. The molecule has 4 heteroatoms. The molecule has 0 aliphatic carbocycles. The lowest BCUT2D eigenvalue weighted by atomic mass is 10.3. The predicted octanol–water partition coefficient (Wildman–Crippen LogP) is 6.43. The van der Waals surface area contributed by atoms with Gasteiger partial charge in [0.25, 0.3) is 0 Å². The normalized spacial score (nSPS) is 11.9. The number of halogens is 1. The third-order valence-electron chi connectivity index (χ3n) is 3.47. The minimum absolute atomic E-state index is 0.453. The number of benzene rings is 3. The van der Waals surface area contributed by atoms with Crippen LogP contribution in [0.2, 0.25) is 5.02 Å². The number of aliphatic imine (C=N–C) groups is 1. The van der Waals surface area contributed by atoms with Gasteiger partial charge in [-0.25, -0.2) is 4.99 Å². The minimum atomic E-state index is 0.453. The van der Waals surface area contributed by atoms with Crippen molar-refractivity contribution in [2.24, 2.45) is 4.99 Å². The number of ether oxygens (including phenoxy) is 2. The van der Waals surface area contributed by atoms with Gasteiger partial charge in [-0.3, -0.25) is 0 Å². The smallest absolute Gasteiger partial charge is 0.225 e. The molecule has 0 spiro atoms. The van der Waals surface area contributed by atoms with Gasteiger partial charge in [0.1, 0.15) is 11.5 Å². The lowest BCUT2D eigenvalue weighted by molar-refractivity contribution is 0.473. The van der Waals surface area contributed by atoms with Gasteiger partial charge in [-0.1, -0.05) is 48.0 Å². The molecule has 0 N–H and O–H groups in total. The summed E-state index contributed by atoms with van der Waals surface area (Å²) in [5.41, 5.74) is 1.50. The van der Waals surface area contributed by atoms with Crippen LogP contribution in [0.3, 0.4) is 0 Å². The summed E-state index contributed by atoms with van der Waals surface area (Å²) in [6, 6.07) is 26.3. The quantitative estimate of drug-likeness (QED) is 0.297. The molecular formula is C22H18ClNO2. The largest absolute Gasteiger partial charge is 0.465 e. The van der Waals surface area contributed by atoms with Gasteiger partial charge in [0, 0.05) is 10.6 Å². The van der Waals surface area contributed by atoms with Crippen LogP contribution in [-0.2, 0) is 0 Å². The van der Waals surface area contributed by atoms with Crippen LogP contribution in [0.25, 0.3) is 0 Å². The van der Waals surface area contributed by atoms with Gasteiger partial charge in [-0.05, 0) is 55.5 Å². The zero-order chi connectivity index (χ0) is 18.2. The summed E-state index contributed by atoms with van der Waals surface area (Å²) in [5.74, 6) is 1.90. The Kier molecular flexibility index (Phi) is 6.07. The van der Waals surface area contributed by atoms with Crippen LogP contribution >= 0.6 is 11.6 Å². The Bertz CT molecular complexity index is 888. The molecule has 3 aromatic carbocycles. The van der Waals surface area contributed by atoms with Crippen molar-refractivity contribution < 1.29 is 9.47 Å². The van der Waals surface area contributed by atoms with E-state index < -0.39 is 0 Å². The van der Waals surface area contributed by atoms with E-state index in [-0.39, 0.29) is 0 Å². The summed E-state index contributed by atoms with van der Waals surface area (Å²) in [7, 11) is 0. The summed E-state index contributed by atoms with van der Waals surface area (Å²) in [6.07, 6.45) is 1.63.